The van der Waals surface area contributed by atoms with Gasteiger partial charge in [-0.05, 0) is 30.9 Å². The number of hydrogen-bond acceptors (Lipinski definition) is 3. The third kappa shape index (κ3) is 4.42. The van der Waals surface area contributed by atoms with E-state index in [-0.39, 0.29) is 0 Å². The van der Waals surface area contributed by atoms with E-state index < -0.39 is 9.84 Å². The Hall–Kier alpha value is -0.870. The molecule has 0 N–H and O–H groups in total. The minimum absolute atomic E-state index is 0.329. The van der Waals surface area contributed by atoms with Crippen LogP contribution in [-0.2, 0) is 16.3 Å². The summed E-state index contributed by atoms with van der Waals surface area (Å²) in [6, 6.07) is 10.4. The summed E-state index contributed by atoms with van der Waals surface area (Å²) in [6.45, 7) is 3.00. The number of benzene rings is 1. The Morgan fingerprint density at radius 2 is 2.00 bits per heavy atom. The van der Waals surface area contributed by atoms with Gasteiger partial charge in [0.2, 0.25) is 0 Å². The first-order valence-electron chi connectivity index (χ1n) is 6.47. The van der Waals surface area contributed by atoms with Gasteiger partial charge in [-0.1, -0.05) is 30.3 Å². The maximum Gasteiger partial charge on any atom is 0.147 e. The third-order valence-corrected chi connectivity index (χ3v) is 4.54. The molecule has 4 heteroatoms. The highest BCUT2D eigenvalue weighted by molar-refractivity contribution is 7.90. The second-order valence-electron chi connectivity index (χ2n) is 5.28. The minimum atomic E-state index is -2.82. The Morgan fingerprint density at radius 1 is 1.28 bits per heavy atom. The average molecular weight is 267 g/mol. The maximum absolute atomic E-state index is 11.3. The van der Waals surface area contributed by atoms with Crippen molar-refractivity contribution in [2.24, 2.45) is 5.92 Å². The first-order chi connectivity index (χ1) is 8.53. The first-order valence-corrected chi connectivity index (χ1v) is 8.53. The predicted molar refractivity (Wildman–Crippen MR) is 74.4 cm³/mol. The Kier molecular flexibility index (Phi) is 4.40. The molecule has 1 aromatic rings. The van der Waals surface area contributed by atoms with Crippen LogP contribution in [-0.4, -0.2) is 45.0 Å². The molecule has 0 saturated carbocycles. The standard InChI is InChI=1S/C14H21NO2S/c1-18(16,17)12-14-8-10-15(11-14)9-7-13-5-3-2-4-6-13/h2-6,14H,7-12H2,1H3. The Bertz CT molecular complexity index is 470. The normalized spacial score (nSPS) is 21.3. The lowest BCUT2D eigenvalue weighted by Gasteiger charge is -2.15. The van der Waals surface area contributed by atoms with Crippen molar-refractivity contribution in [1.82, 2.24) is 4.90 Å². The molecular weight excluding hydrogens is 246 g/mol. The molecule has 0 aliphatic carbocycles. The Balaban J connectivity index is 1.76. The maximum atomic E-state index is 11.3. The van der Waals surface area contributed by atoms with Crippen molar-refractivity contribution in [3.8, 4) is 0 Å². The summed E-state index contributed by atoms with van der Waals surface area (Å²) in [5, 5.41) is 0. The largest absolute Gasteiger partial charge is 0.303 e. The number of nitrogens with zero attached hydrogens (tertiary/aromatic N) is 1. The highest BCUT2D eigenvalue weighted by Crippen LogP contribution is 2.18. The highest BCUT2D eigenvalue weighted by Gasteiger charge is 2.24. The zero-order valence-electron chi connectivity index (χ0n) is 10.9. The predicted octanol–water partition coefficient (Wildman–Crippen LogP) is 1.60. The summed E-state index contributed by atoms with van der Waals surface area (Å²) in [4.78, 5) is 2.38. The van der Waals surface area contributed by atoms with Gasteiger partial charge in [0.05, 0.1) is 5.75 Å². The molecule has 3 nitrogen and oxygen atoms in total. The molecule has 1 atom stereocenters. The molecule has 1 aromatic carbocycles. The minimum Gasteiger partial charge on any atom is -0.303 e. The van der Waals surface area contributed by atoms with E-state index >= 15 is 0 Å². The molecule has 0 amide bonds. The molecule has 0 bridgehead atoms. The van der Waals surface area contributed by atoms with Crippen molar-refractivity contribution in [3.05, 3.63) is 35.9 Å². The second kappa shape index (κ2) is 5.85. The average Bonchev–Trinajstić information content (AvgIpc) is 2.73. The molecule has 1 heterocycles. The lowest BCUT2D eigenvalue weighted by Crippen LogP contribution is -2.25. The van der Waals surface area contributed by atoms with Crippen molar-refractivity contribution < 1.29 is 8.42 Å². The van der Waals surface area contributed by atoms with E-state index in [1.165, 1.54) is 11.8 Å². The van der Waals surface area contributed by atoms with E-state index in [1.54, 1.807) is 0 Å². The summed E-state index contributed by atoms with van der Waals surface area (Å²) in [6.07, 6.45) is 3.40. The number of hydrogen-bond donors (Lipinski definition) is 0. The second-order valence-corrected chi connectivity index (χ2v) is 7.47. The number of sulfone groups is 1. The van der Waals surface area contributed by atoms with Crippen LogP contribution in [0.25, 0.3) is 0 Å². The molecule has 0 radical (unpaired) electrons. The number of likely N-dealkylation sites (tertiary alicyclic amines) is 1. The zero-order valence-corrected chi connectivity index (χ0v) is 11.7. The third-order valence-electron chi connectivity index (χ3n) is 3.47. The molecule has 1 saturated heterocycles. The topological polar surface area (TPSA) is 37.4 Å². The van der Waals surface area contributed by atoms with Gasteiger partial charge in [-0.2, -0.15) is 0 Å². The van der Waals surface area contributed by atoms with Crippen LogP contribution in [0.3, 0.4) is 0 Å². The summed E-state index contributed by atoms with van der Waals surface area (Å²) < 4.78 is 22.5. The lowest BCUT2D eigenvalue weighted by atomic mass is 10.1. The van der Waals surface area contributed by atoms with Crippen LogP contribution < -0.4 is 0 Å². The molecule has 1 aliphatic rings. The van der Waals surface area contributed by atoms with Gasteiger partial charge in [0.15, 0.2) is 0 Å². The van der Waals surface area contributed by atoms with E-state index in [0.29, 0.717) is 11.7 Å². The van der Waals surface area contributed by atoms with Crippen LogP contribution in [0.4, 0.5) is 0 Å². The fourth-order valence-electron chi connectivity index (χ4n) is 2.61. The van der Waals surface area contributed by atoms with Gasteiger partial charge >= 0.3 is 0 Å². The molecule has 2 rings (SSSR count). The fourth-order valence-corrected chi connectivity index (χ4v) is 3.74. The molecular formula is C14H21NO2S. The monoisotopic (exact) mass is 267 g/mol. The van der Waals surface area contributed by atoms with Gasteiger partial charge in [0.1, 0.15) is 9.84 Å². The summed E-state index contributed by atoms with van der Waals surface area (Å²) in [5.41, 5.74) is 1.35. The van der Waals surface area contributed by atoms with Crippen molar-refractivity contribution in [1.29, 1.82) is 0 Å². The van der Waals surface area contributed by atoms with Crippen LogP contribution in [0.2, 0.25) is 0 Å². The van der Waals surface area contributed by atoms with E-state index in [2.05, 4.69) is 29.2 Å². The quantitative estimate of drug-likeness (QED) is 0.813. The smallest absolute Gasteiger partial charge is 0.147 e. The molecule has 0 spiro atoms. The van der Waals surface area contributed by atoms with E-state index in [4.69, 9.17) is 0 Å². The van der Waals surface area contributed by atoms with Crippen LogP contribution in [0.15, 0.2) is 30.3 Å². The molecule has 18 heavy (non-hydrogen) atoms. The SMILES string of the molecule is CS(=O)(=O)CC1CCN(CCc2ccccc2)C1. The van der Waals surface area contributed by atoms with Crippen molar-refractivity contribution in [2.45, 2.75) is 12.8 Å². The van der Waals surface area contributed by atoms with Crippen molar-refractivity contribution in [2.75, 3.05) is 31.6 Å². The first kappa shape index (κ1) is 13.6. The Labute approximate surface area is 110 Å². The van der Waals surface area contributed by atoms with Crippen LogP contribution in [0.1, 0.15) is 12.0 Å². The summed E-state index contributed by atoms with van der Waals surface area (Å²) in [7, 11) is -2.82. The van der Waals surface area contributed by atoms with Gasteiger partial charge in [0, 0.05) is 19.3 Å². The van der Waals surface area contributed by atoms with Gasteiger partial charge in [-0.25, -0.2) is 8.42 Å². The van der Waals surface area contributed by atoms with Gasteiger partial charge in [-0.15, -0.1) is 0 Å². The number of rotatable bonds is 5. The lowest BCUT2D eigenvalue weighted by molar-refractivity contribution is 0.332. The fraction of sp³-hybridized carbons (Fsp3) is 0.571. The molecule has 1 unspecified atom stereocenters. The van der Waals surface area contributed by atoms with E-state index in [9.17, 15) is 8.42 Å². The van der Waals surface area contributed by atoms with E-state index in [0.717, 1.165) is 32.5 Å². The van der Waals surface area contributed by atoms with Crippen molar-refractivity contribution >= 4 is 9.84 Å². The van der Waals surface area contributed by atoms with E-state index in [1.807, 2.05) is 6.07 Å². The van der Waals surface area contributed by atoms with Crippen LogP contribution in [0, 0.1) is 5.92 Å². The highest BCUT2D eigenvalue weighted by atomic mass is 32.2. The summed E-state index contributed by atoms with van der Waals surface area (Å²) >= 11 is 0. The molecule has 100 valence electrons. The van der Waals surface area contributed by atoms with Crippen molar-refractivity contribution in [3.63, 3.8) is 0 Å². The van der Waals surface area contributed by atoms with Gasteiger partial charge in [-0.3, -0.25) is 0 Å². The Morgan fingerprint density at radius 3 is 2.67 bits per heavy atom. The van der Waals surface area contributed by atoms with Gasteiger partial charge < -0.3 is 4.90 Å². The van der Waals surface area contributed by atoms with Crippen LogP contribution in [0.5, 0.6) is 0 Å². The van der Waals surface area contributed by atoms with Gasteiger partial charge in [0.25, 0.3) is 0 Å². The molecule has 1 fully saturated rings. The zero-order chi connectivity index (χ0) is 13.0. The molecule has 0 aromatic heterocycles. The summed E-state index contributed by atoms with van der Waals surface area (Å²) in [5.74, 6) is 0.672. The molecule has 1 aliphatic heterocycles. The van der Waals surface area contributed by atoms with Crippen LogP contribution >= 0.6 is 0 Å².